The Morgan fingerprint density at radius 2 is 1.83 bits per heavy atom. The SMILES string of the molecule is COC(=O)C[C@@H](c1ccc(OC(=O)c2ccco2)cc1)N1Cc2ccccc2C1=O. The Morgan fingerprint density at radius 1 is 1.07 bits per heavy atom. The minimum atomic E-state index is -0.607. The molecule has 0 saturated carbocycles. The third-order valence-electron chi connectivity index (χ3n) is 5.01. The molecule has 1 aromatic heterocycles. The molecule has 152 valence electrons. The van der Waals surface area contributed by atoms with E-state index >= 15 is 0 Å². The van der Waals surface area contributed by atoms with Crippen LogP contribution in [0.3, 0.4) is 0 Å². The molecule has 1 aliphatic rings. The molecule has 0 N–H and O–H groups in total. The van der Waals surface area contributed by atoms with Gasteiger partial charge in [0.25, 0.3) is 5.91 Å². The summed E-state index contributed by atoms with van der Waals surface area (Å²) in [5.41, 5.74) is 2.29. The summed E-state index contributed by atoms with van der Waals surface area (Å²) in [5.74, 6) is -0.731. The van der Waals surface area contributed by atoms with Crippen LogP contribution < -0.4 is 4.74 Å². The van der Waals surface area contributed by atoms with Gasteiger partial charge >= 0.3 is 11.9 Å². The zero-order valence-electron chi connectivity index (χ0n) is 16.2. The van der Waals surface area contributed by atoms with Crippen molar-refractivity contribution in [2.75, 3.05) is 7.11 Å². The first-order chi connectivity index (χ1) is 14.6. The quantitative estimate of drug-likeness (QED) is 0.459. The van der Waals surface area contributed by atoms with Gasteiger partial charge in [-0.2, -0.15) is 0 Å². The maximum absolute atomic E-state index is 12.9. The molecule has 30 heavy (non-hydrogen) atoms. The molecule has 0 spiro atoms. The van der Waals surface area contributed by atoms with E-state index in [0.717, 1.165) is 11.1 Å². The van der Waals surface area contributed by atoms with E-state index in [4.69, 9.17) is 13.9 Å². The van der Waals surface area contributed by atoms with Crippen LogP contribution in [0.4, 0.5) is 0 Å². The second-order valence-electron chi connectivity index (χ2n) is 6.82. The van der Waals surface area contributed by atoms with Gasteiger partial charge in [0.15, 0.2) is 0 Å². The van der Waals surface area contributed by atoms with Crippen LogP contribution in [0.25, 0.3) is 0 Å². The number of rotatable bonds is 6. The molecule has 0 unspecified atom stereocenters. The number of amides is 1. The Kier molecular flexibility index (Phi) is 5.34. The van der Waals surface area contributed by atoms with E-state index in [1.165, 1.54) is 19.4 Å². The third kappa shape index (κ3) is 3.82. The number of esters is 2. The van der Waals surface area contributed by atoms with Gasteiger partial charge in [-0.3, -0.25) is 9.59 Å². The number of fused-ring (bicyclic) bond motifs is 1. The molecule has 1 amide bonds. The highest BCUT2D eigenvalue weighted by Gasteiger charge is 2.34. The molecule has 0 bridgehead atoms. The van der Waals surface area contributed by atoms with Crippen LogP contribution in [0.1, 0.15) is 44.5 Å². The monoisotopic (exact) mass is 405 g/mol. The normalized spacial score (nSPS) is 13.6. The summed E-state index contributed by atoms with van der Waals surface area (Å²) in [6.45, 7) is 0.409. The highest BCUT2D eigenvalue weighted by molar-refractivity contribution is 5.98. The van der Waals surface area contributed by atoms with Gasteiger partial charge in [-0.1, -0.05) is 30.3 Å². The molecule has 1 aliphatic heterocycles. The predicted molar refractivity (Wildman–Crippen MR) is 106 cm³/mol. The van der Waals surface area contributed by atoms with Crippen molar-refractivity contribution < 1.29 is 28.3 Å². The molecule has 0 radical (unpaired) electrons. The first-order valence-electron chi connectivity index (χ1n) is 9.38. The summed E-state index contributed by atoms with van der Waals surface area (Å²) in [6, 6.07) is 16.7. The number of ether oxygens (including phenoxy) is 2. The fraction of sp³-hybridized carbons (Fsp3) is 0.174. The lowest BCUT2D eigenvalue weighted by Crippen LogP contribution is -2.31. The zero-order valence-corrected chi connectivity index (χ0v) is 16.2. The van der Waals surface area contributed by atoms with Crippen LogP contribution in [-0.2, 0) is 16.1 Å². The van der Waals surface area contributed by atoms with Crippen molar-refractivity contribution in [2.24, 2.45) is 0 Å². The highest BCUT2D eigenvalue weighted by Crippen LogP contribution is 2.34. The Morgan fingerprint density at radius 3 is 2.50 bits per heavy atom. The minimum Gasteiger partial charge on any atom is -0.469 e. The molecule has 0 aliphatic carbocycles. The molecule has 0 fully saturated rings. The highest BCUT2D eigenvalue weighted by atomic mass is 16.5. The van der Waals surface area contributed by atoms with Crippen LogP contribution in [0.2, 0.25) is 0 Å². The van der Waals surface area contributed by atoms with E-state index in [0.29, 0.717) is 17.9 Å². The van der Waals surface area contributed by atoms with Gasteiger partial charge < -0.3 is 18.8 Å². The fourth-order valence-corrected chi connectivity index (χ4v) is 3.49. The number of furan rings is 1. The maximum Gasteiger partial charge on any atom is 0.379 e. The molecule has 2 aromatic carbocycles. The van der Waals surface area contributed by atoms with Crippen molar-refractivity contribution >= 4 is 17.8 Å². The molecule has 7 heteroatoms. The van der Waals surface area contributed by atoms with E-state index in [2.05, 4.69) is 0 Å². The largest absolute Gasteiger partial charge is 0.469 e. The second-order valence-corrected chi connectivity index (χ2v) is 6.82. The summed E-state index contributed by atoms with van der Waals surface area (Å²) in [6.07, 6.45) is 1.41. The van der Waals surface area contributed by atoms with Gasteiger partial charge in [0, 0.05) is 12.1 Å². The van der Waals surface area contributed by atoms with Crippen molar-refractivity contribution in [2.45, 2.75) is 19.0 Å². The second kappa shape index (κ2) is 8.24. The van der Waals surface area contributed by atoms with Gasteiger partial charge in [0.05, 0.1) is 25.8 Å². The molecule has 7 nitrogen and oxygen atoms in total. The molecular weight excluding hydrogens is 386 g/mol. The Bertz CT molecular complexity index is 1070. The van der Waals surface area contributed by atoms with Crippen molar-refractivity contribution in [3.05, 3.63) is 89.4 Å². The average molecular weight is 405 g/mol. The van der Waals surface area contributed by atoms with E-state index in [1.807, 2.05) is 18.2 Å². The number of benzene rings is 2. The van der Waals surface area contributed by atoms with Crippen molar-refractivity contribution in [1.82, 2.24) is 4.90 Å². The zero-order chi connectivity index (χ0) is 21.1. The smallest absolute Gasteiger partial charge is 0.379 e. The lowest BCUT2D eigenvalue weighted by molar-refractivity contribution is -0.141. The summed E-state index contributed by atoms with van der Waals surface area (Å²) >= 11 is 0. The van der Waals surface area contributed by atoms with E-state index in [9.17, 15) is 14.4 Å². The number of nitrogens with zero attached hydrogens (tertiary/aromatic N) is 1. The number of carbonyl (C=O) groups excluding carboxylic acids is 3. The van der Waals surface area contributed by atoms with Gasteiger partial charge in [0.2, 0.25) is 5.76 Å². The topological polar surface area (TPSA) is 86.1 Å². The summed E-state index contributed by atoms with van der Waals surface area (Å²) in [5, 5.41) is 0. The molecule has 0 saturated heterocycles. The number of hydrogen-bond acceptors (Lipinski definition) is 6. The van der Waals surface area contributed by atoms with Crippen LogP contribution in [0, 0.1) is 0 Å². The molecular formula is C23H19NO6. The lowest BCUT2D eigenvalue weighted by atomic mass is 10.0. The van der Waals surface area contributed by atoms with Crippen LogP contribution in [0.5, 0.6) is 5.75 Å². The summed E-state index contributed by atoms with van der Waals surface area (Å²) < 4.78 is 15.1. The van der Waals surface area contributed by atoms with Crippen molar-refractivity contribution in [3.8, 4) is 5.75 Å². The first kappa shape index (κ1) is 19.4. The first-order valence-corrected chi connectivity index (χ1v) is 9.38. The Balaban J connectivity index is 1.56. The van der Waals surface area contributed by atoms with Gasteiger partial charge in [-0.05, 0) is 41.5 Å². The van der Waals surface area contributed by atoms with Crippen LogP contribution >= 0.6 is 0 Å². The standard InChI is InChI=1S/C23H19NO6/c1-28-21(25)13-19(24-14-16-5-2-3-6-18(16)22(24)26)15-8-10-17(11-9-15)30-23(27)20-7-4-12-29-20/h2-12,19H,13-14H2,1H3/t19-/m0/s1. The minimum absolute atomic E-state index is 0.0156. The van der Waals surface area contributed by atoms with E-state index in [1.54, 1.807) is 41.3 Å². The Hall–Kier alpha value is -3.87. The molecule has 1 atom stereocenters. The fourth-order valence-electron chi connectivity index (χ4n) is 3.49. The van der Waals surface area contributed by atoms with Gasteiger partial charge in [0.1, 0.15) is 5.75 Å². The number of hydrogen-bond donors (Lipinski definition) is 0. The van der Waals surface area contributed by atoms with E-state index < -0.39 is 18.0 Å². The third-order valence-corrected chi connectivity index (χ3v) is 5.01. The molecule has 2 heterocycles. The van der Waals surface area contributed by atoms with Crippen LogP contribution in [0.15, 0.2) is 71.3 Å². The summed E-state index contributed by atoms with van der Waals surface area (Å²) in [7, 11) is 1.32. The Labute approximate surface area is 172 Å². The number of methoxy groups -OCH3 is 1. The average Bonchev–Trinajstić information content (AvgIpc) is 3.42. The molecule has 3 aromatic rings. The number of carbonyl (C=O) groups is 3. The van der Waals surface area contributed by atoms with Crippen molar-refractivity contribution in [3.63, 3.8) is 0 Å². The van der Waals surface area contributed by atoms with Gasteiger partial charge in [-0.25, -0.2) is 4.79 Å². The molecule has 4 rings (SSSR count). The van der Waals surface area contributed by atoms with Crippen molar-refractivity contribution in [1.29, 1.82) is 0 Å². The lowest BCUT2D eigenvalue weighted by Gasteiger charge is -2.27. The maximum atomic E-state index is 12.9. The van der Waals surface area contributed by atoms with Crippen LogP contribution in [-0.4, -0.2) is 29.9 Å². The summed E-state index contributed by atoms with van der Waals surface area (Å²) in [4.78, 5) is 38.6. The predicted octanol–water partition coefficient (Wildman–Crippen LogP) is 3.76. The van der Waals surface area contributed by atoms with Gasteiger partial charge in [-0.15, -0.1) is 0 Å². The van der Waals surface area contributed by atoms with E-state index in [-0.39, 0.29) is 18.1 Å².